The number of carbonyl (C=O) groups is 12. The van der Waals surface area contributed by atoms with Crippen molar-refractivity contribution in [2.45, 2.75) is 281 Å². The Morgan fingerprint density at radius 3 is 1.71 bits per heavy atom. The molecule has 0 radical (unpaired) electrons. The summed E-state index contributed by atoms with van der Waals surface area (Å²) >= 11 is 0. The molecule has 4 aliphatic heterocycles. The van der Waals surface area contributed by atoms with Gasteiger partial charge in [-0.25, -0.2) is 8.78 Å². The molecule has 1 spiro atoms. The van der Waals surface area contributed by atoms with Crippen molar-refractivity contribution < 1.29 is 92.7 Å². The Morgan fingerprint density at radius 1 is 0.575 bits per heavy atom. The third-order valence-electron chi connectivity index (χ3n) is 24.3. The molecule has 4 heterocycles. The zero-order valence-electron chi connectivity index (χ0n) is 64.1. The molecule has 0 aromatic heterocycles. The van der Waals surface area contributed by atoms with Crippen LogP contribution in [0.5, 0.6) is 0 Å². The van der Waals surface area contributed by atoms with Crippen LogP contribution in [0.15, 0.2) is 0 Å². The molecule has 13 atom stereocenters. The first-order valence-corrected chi connectivity index (χ1v) is 38.5. The highest BCUT2D eigenvalue weighted by atomic mass is 19.4. The van der Waals surface area contributed by atoms with Gasteiger partial charge in [0.1, 0.15) is 78.2 Å². The Kier molecular flexibility index (Phi) is 29.7. The fraction of sp³-hybridized carbons (Fsp3) is 0.838. The number of likely N-dealkylation sites (tertiary alicyclic amines) is 1. The fourth-order valence-electron chi connectivity index (χ4n) is 17.1. The molecule has 4 saturated heterocycles. The van der Waals surface area contributed by atoms with Crippen LogP contribution in [-0.2, 0) is 57.5 Å². The Balaban J connectivity index is 1.30. The monoisotopic (exact) mass is 1520 g/mol. The van der Waals surface area contributed by atoms with Gasteiger partial charge in [0, 0.05) is 68.0 Å². The zero-order chi connectivity index (χ0) is 78.9. The second kappa shape index (κ2) is 36.5. The summed E-state index contributed by atoms with van der Waals surface area (Å²) < 4.78 is 115. The van der Waals surface area contributed by atoms with Gasteiger partial charge in [0.05, 0.1) is 18.9 Å². The number of rotatable bonds is 13. The minimum absolute atomic E-state index is 0.0119. The van der Waals surface area contributed by atoms with Gasteiger partial charge in [-0.1, -0.05) is 67.2 Å². The van der Waals surface area contributed by atoms with Gasteiger partial charge in [0.25, 0.3) is 0 Å². The van der Waals surface area contributed by atoms with E-state index in [0.717, 1.165) is 14.7 Å². The summed E-state index contributed by atoms with van der Waals surface area (Å²) in [5.41, 5.74) is -1.68. The van der Waals surface area contributed by atoms with Gasteiger partial charge >= 0.3 is 12.4 Å². The number of fused-ring (bicyclic) bond motifs is 2. The fourth-order valence-corrected chi connectivity index (χ4v) is 17.1. The van der Waals surface area contributed by atoms with Crippen molar-refractivity contribution in [3.8, 4) is 0 Å². The highest BCUT2D eigenvalue weighted by molar-refractivity contribution is 6.01. The van der Waals surface area contributed by atoms with E-state index in [4.69, 9.17) is 0 Å². The van der Waals surface area contributed by atoms with E-state index in [9.17, 15) is 50.3 Å². The molecule has 106 heavy (non-hydrogen) atoms. The van der Waals surface area contributed by atoms with Crippen LogP contribution in [0.2, 0.25) is 0 Å². The summed E-state index contributed by atoms with van der Waals surface area (Å²) in [6, 6.07) is -12.2. The predicted octanol–water partition coefficient (Wildman–Crippen LogP) is 6.95. The summed E-state index contributed by atoms with van der Waals surface area (Å²) in [4.78, 5) is 192. The number of nitrogens with one attached hydrogen (secondary N) is 3. The lowest BCUT2D eigenvalue weighted by Crippen LogP contribution is -2.65. The van der Waals surface area contributed by atoms with Gasteiger partial charge in [0.15, 0.2) is 0 Å². The van der Waals surface area contributed by atoms with Gasteiger partial charge < -0.3 is 60.0 Å². The molecular formula is C74H116F8N12O12. The van der Waals surface area contributed by atoms with Crippen molar-refractivity contribution in [2.75, 3.05) is 74.5 Å². The van der Waals surface area contributed by atoms with E-state index in [1.54, 1.807) is 39.5 Å². The van der Waals surface area contributed by atoms with Crippen LogP contribution in [0.3, 0.4) is 0 Å². The standard InChI is InChI=1S/C74H116F8N12O12/c1-14-43(6)60-69(104)87(10)45(8)64(99)94-35-29-53(94)68(103)92(16-3)56(39-46-23-26-48(27-24-46)73(77,78)79)66(101)86(9)41-57(95)83-51(28-25-47-37-49(75)59(50(76)38-47)74(80,81)82)65(100)93-34-21-22-52(93)63(98)85-72(30-17-18-31-72)71(106)90(13)61(44(7)15-2)70(105)89(12)55(67(102)91-32-19-20-33-91)40-58(96)88(11)54(36-42(4)5)62(97)84-60/h42-56,59-61H,14-41H2,1-13H3,(H,83,95)(H,84,97)(H,85,98)/t43-,44-,45-,46?,47?,48?,49?,50?,51-,52-,53-,54-,55-,56-,59?,60-,61-/m0/s1. The van der Waals surface area contributed by atoms with Gasteiger partial charge in [-0.15, -0.1) is 0 Å². The van der Waals surface area contributed by atoms with Gasteiger partial charge in [-0.2, -0.15) is 26.3 Å². The average Bonchev–Trinajstić information content (AvgIpc) is 1.03. The molecule has 7 fully saturated rings. The lowest BCUT2D eigenvalue weighted by molar-refractivity contribution is -0.219. The maximum atomic E-state index is 15.5. The van der Waals surface area contributed by atoms with E-state index in [1.807, 2.05) is 13.8 Å². The van der Waals surface area contributed by atoms with Crippen molar-refractivity contribution in [1.82, 2.24) is 60.0 Å². The van der Waals surface area contributed by atoms with Crippen LogP contribution in [0.4, 0.5) is 35.1 Å². The predicted molar refractivity (Wildman–Crippen MR) is 375 cm³/mol. The lowest BCUT2D eigenvalue weighted by Gasteiger charge is -2.46. The van der Waals surface area contributed by atoms with Crippen molar-refractivity contribution in [3.05, 3.63) is 0 Å². The minimum Gasteiger partial charge on any atom is -0.343 e. The van der Waals surface area contributed by atoms with E-state index in [0.29, 0.717) is 51.6 Å². The summed E-state index contributed by atoms with van der Waals surface area (Å²) in [5.74, 6) is -16.6. The number of nitrogens with zero attached hydrogens (tertiary/aromatic N) is 9. The molecule has 2 unspecified atom stereocenters. The number of hydrogen-bond donors (Lipinski definition) is 3. The number of alkyl halides is 8. The van der Waals surface area contributed by atoms with Crippen LogP contribution in [0.1, 0.15) is 197 Å². The summed E-state index contributed by atoms with van der Waals surface area (Å²) in [7, 11) is 6.76. The summed E-state index contributed by atoms with van der Waals surface area (Å²) in [6.07, 6.45) is -15.1. The second-order valence-corrected chi connectivity index (χ2v) is 31.9. The Labute approximate surface area is 618 Å². The van der Waals surface area contributed by atoms with E-state index in [-0.39, 0.29) is 103 Å². The van der Waals surface area contributed by atoms with Crippen LogP contribution < -0.4 is 16.0 Å². The first kappa shape index (κ1) is 86.3. The summed E-state index contributed by atoms with van der Waals surface area (Å²) in [6.45, 7) is 13.3. The van der Waals surface area contributed by atoms with E-state index < -0.39 is 223 Å². The SMILES string of the molecule is CC[C@H](C)[C@@H]1NC(=O)[C@H](CC(C)C)N(C)C(=O)C[C@@H](C(=O)N2CCCC2)N(C)C(=O)[C@H]([C@@H](C)CC)N(C)C(=O)C2(CCCC2)NC(=O)[C@@H]2CCCN2C(=O)[C@H](CCC2CC(F)C(C(F)(F)F)C(F)C2)NC(=O)CN(C)C(=O)[C@H](CC2CCC(C(F)(F)F)CC2)N(CC)C(=O)[C@@H]2CCN2C(=O)[C@H](C)N(C)C1=O. The van der Waals surface area contributed by atoms with Crippen molar-refractivity contribution >= 4 is 70.9 Å². The van der Waals surface area contributed by atoms with Crippen LogP contribution in [-0.4, -0.2) is 274 Å². The van der Waals surface area contributed by atoms with Crippen molar-refractivity contribution in [2.24, 2.45) is 41.4 Å². The normalized spacial score (nSPS) is 32.2. The molecule has 0 bridgehead atoms. The molecule has 7 aliphatic rings. The lowest BCUT2D eigenvalue weighted by atomic mass is 9.76. The molecule has 12 amide bonds. The molecule has 3 N–H and O–H groups in total. The second-order valence-electron chi connectivity index (χ2n) is 31.9. The van der Waals surface area contributed by atoms with E-state index in [1.165, 1.54) is 66.7 Å². The molecule has 3 aliphatic carbocycles. The van der Waals surface area contributed by atoms with Crippen LogP contribution in [0, 0.1) is 41.4 Å². The quantitative estimate of drug-likeness (QED) is 0.158. The molecular weight excluding hydrogens is 1400 g/mol. The van der Waals surface area contributed by atoms with E-state index >= 15 is 42.3 Å². The average molecular weight is 1520 g/mol. The first-order valence-electron chi connectivity index (χ1n) is 38.5. The Bertz CT molecular complexity index is 3130. The molecule has 3 saturated carbocycles. The van der Waals surface area contributed by atoms with Crippen LogP contribution >= 0.6 is 0 Å². The largest absolute Gasteiger partial charge is 0.397 e. The molecule has 0 aromatic carbocycles. The highest BCUT2D eigenvalue weighted by Gasteiger charge is 2.56. The summed E-state index contributed by atoms with van der Waals surface area (Å²) in [5, 5.41) is 8.47. The first-order chi connectivity index (χ1) is 49.6. The van der Waals surface area contributed by atoms with Crippen molar-refractivity contribution in [3.63, 3.8) is 0 Å². The van der Waals surface area contributed by atoms with Gasteiger partial charge in [-0.3, -0.25) is 57.5 Å². The highest BCUT2D eigenvalue weighted by Crippen LogP contribution is 2.45. The zero-order valence-corrected chi connectivity index (χ0v) is 64.1. The Hall–Kier alpha value is -6.92. The molecule has 24 nitrogen and oxygen atoms in total. The smallest absolute Gasteiger partial charge is 0.343 e. The number of hydrogen-bond acceptors (Lipinski definition) is 12. The molecule has 7 rings (SSSR count). The number of likely N-dealkylation sites (N-methyl/N-ethyl adjacent to an activating group) is 6. The Morgan fingerprint density at radius 2 is 1.17 bits per heavy atom. The van der Waals surface area contributed by atoms with Crippen LogP contribution in [0.25, 0.3) is 0 Å². The number of amides is 12. The number of halogens is 8. The maximum absolute atomic E-state index is 15.5. The van der Waals surface area contributed by atoms with E-state index in [2.05, 4.69) is 16.0 Å². The minimum atomic E-state index is -5.20. The molecule has 600 valence electrons. The molecule has 32 heteroatoms. The third kappa shape index (κ3) is 19.9. The number of carbonyl (C=O) groups excluding carboxylic acids is 12. The van der Waals surface area contributed by atoms with Gasteiger partial charge in [0.2, 0.25) is 70.9 Å². The van der Waals surface area contributed by atoms with Gasteiger partial charge in [-0.05, 0) is 153 Å². The topological polar surface area (TPSA) is 270 Å². The third-order valence-corrected chi connectivity index (χ3v) is 24.3. The van der Waals surface area contributed by atoms with Crippen molar-refractivity contribution in [1.29, 1.82) is 0 Å². The molecule has 0 aromatic rings. The maximum Gasteiger partial charge on any atom is 0.397 e.